The molecule has 4 heteroatoms. The van der Waals surface area contributed by atoms with E-state index in [-0.39, 0.29) is 5.82 Å². The molecule has 0 saturated heterocycles. The molecule has 2 aromatic rings. The first-order chi connectivity index (χ1) is 8.52. The molecule has 0 amide bonds. The maximum atomic E-state index is 13.6. The topological polar surface area (TPSA) is 29.9 Å². The van der Waals surface area contributed by atoms with Crippen LogP contribution in [0.4, 0.5) is 4.39 Å². The van der Waals surface area contributed by atoms with E-state index in [1.165, 1.54) is 6.07 Å². The maximum Gasteiger partial charge on any atom is 0.125 e. The van der Waals surface area contributed by atoms with E-state index in [1.54, 1.807) is 10.7 Å². The van der Waals surface area contributed by atoms with Crippen LogP contribution in [0.3, 0.4) is 0 Å². The smallest absolute Gasteiger partial charge is 0.125 e. The molecule has 96 valence electrons. The van der Waals surface area contributed by atoms with Gasteiger partial charge in [0, 0.05) is 12.2 Å². The van der Waals surface area contributed by atoms with Gasteiger partial charge < -0.3 is 5.32 Å². The third-order valence-corrected chi connectivity index (χ3v) is 3.22. The lowest BCUT2D eigenvalue weighted by Gasteiger charge is -2.08. The van der Waals surface area contributed by atoms with E-state index >= 15 is 0 Å². The molecule has 18 heavy (non-hydrogen) atoms. The first kappa shape index (κ1) is 12.8. The average Bonchev–Trinajstić information content (AvgIpc) is 2.57. The molecule has 3 nitrogen and oxygen atoms in total. The van der Waals surface area contributed by atoms with E-state index in [0.717, 1.165) is 28.2 Å². The van der Waals surface area contributed by atoms with Crippen LogP contribution in [0, 0.1) is 26.6 Å². The Hall–Kier alpha value is -1.68. The molecule has 0 aliphatic carbocycles. The molecule has 0 spiro atoms. The van der Waals surface area contributed by atoms with Crippen LogP contribution >= 0.6 is 0 Å². The van der Waals surface area contributed by atoms with Crippen LogP contribution in [-0.4, -0.2) is 16.8 Å². The van der Waals surface area contributed by atoms with Crippen molar-refractivity contribution in [3.63, 3.8) is 0 Å². The van der Waals surface area contributed by atoms with Gasteiger partial charge in [0.15, 0.2) is 0 Å². The summed E-state index contributed by atoms with van der Waals surface area (Å²) in [5.41, 5.74) is 4.86. The summed E-state index contributed by atoms with van der Waals surface area (Å²) in [4.78, 5) is 0. The van der Waals surface area contributed by atoms with Gasteiger partial charge in [-0.1, -0.05) is 0 Å². The van der Waals surface area contributed by atoms with Crippen LogP contribution in [-0.2, 0) is 6.54 Å². The zero-order valence-corrected chi connectivity index (χ0v) is 11.2. The Balaban J connectivity index is 2.52. The number of hydrogen-bond donors (Lipinski definition) is 1. The number of benzene rings is 1. The fourth-order valence-electron chi connectivity index (χ4n) is 2.03. The van der Waals surface area contributed by atoms with Gasteiger partial charge in [-0.15, -0.1) is 0 Å². The number of nitrogens with zero attached hydrogens (tertiary/aromatic N) is 2. The van der Waals surface area contributed by atoms with Gasteiger partial charge in [0.1, 0.15) is 5.82 Å². The summed E-state index contributed by atoms with van der Waals surface area (Å²) in [6, 6.07) is 5.01. The third kappa shape index (κ3) is 2.29. The zero-order chi connectivity index (χ0) is 13.3. The molecule has 0 unspecified atom stereocenters. The van der Waals surface area contributed by atoms with Crippen molar-refractivity contribution in [1.82, 2.24) is 15.1 Å². The van der Waals surface area contributed by atoms with E-state index in [1.807, 2.05) is 33.9 Å². The van der Waals surface area contributed by atoms with E-state index in [0.29, 0.717) is 6.54 Å². The fourth-order valence-corrected chi connectivity index (χ4v) is 2.03. The van der Waals surface area contributed by atoms with Crippen molar-refractivity contribution >= 4 is 0 Å². The summed E-state index contributed by atoms with van der Waals surface area (Å²) >= 11 is 0. The summed E-state index contributed by atoms with van der Waals surface area (Å²) in [7, 11) is 1.85. The van der Waals surface area contributed by atoms with E-state index in [9.17, 15) is 4.39 Å². The van der Waals surface area contributed by atoms with Crippen molar-refractivity contribution in [1.29, 1.82) is 0 Å². The predicted octanol–water partition coefficient (Wildman–Crippen LogP) is 2.66. The Bertz CT molecular complexity index is 573. The number of nitrogens with one attached hydrogen (secondary N) is 1. The average molecular weight is 247 g/mol. The molecule has 0 bridgehead atoms. The molecule has 0 atom stereocenters. The van der Waals surface area contributed by atoms with Crippen LogP contribution < -0.4 is 5.32 Å². The Kier molecular flexibility index (Phi) is 3.48. The fraction of sp³-hybridized carbons (Fsp3) is 0.357. The van der Waals surface area contributed by atoms with Gasteiger partial charge in [-0.3, -0.25) is 0 Å². The lowest BCUT2D eigenvalue weighted by Crippen LogP contribution is -2.07. The van der Waals surface area contributed by atoms with Crippen molar-refractivity contribution in [2.45, 2.75) is 27.3 Å². The molecule has 0 fully saturated rings. The van der Waals surface area contributed by atoms with Crippen molar-refractivity contribution in [2.24, 2.45) is 0 Å². The number of rotatable bonds is 3. The summed E-state index contributed by atoms with van der Waals surface area (Å²) in [6.07, 6.45) is 0. The summed E-state index contributed by atoms with van der Waals surface area (Å²) in [5.74, 6) is -0.233. The summed E-state index contributed by atoms with van der Waals surface area (Å²) in [6.45, 7) is 6.63. The molecule has 0 aliphatic heterocycles. The third-order valence-electron chi connectivity index (χ3n) is 3.22. The number of aryl methyl sites for hydroxylation is 1. The summed E-state index contributed by atoms with van der Waals surface area (Å²) in [5, 5.41) is 7.48. The van der Waals surface area contributed by atoms with Gasteiger partial charge in [-0.25, -0.2) is 9.07 Å². The van der Waals surface area contributed by atoms with Crippen molar-refractivity contribution < 1.29 is 4.39 Å². The molecule has 1 N–H and O–H groups in total. The van der Waals surface area contributed by atoms with E-state index in [4.69, 9.17) is 0 Å². The van der Waals surface area contributed by atoms with Gasteiger partial charge in [0.2, 0.25) is 0 Å². The highest BCUT2D eigenvalue weighted by molar-refractivity contribution is 5.39. The lowest BCUT2D eigenvalue weighted by atomic mass is 10.2. The zero-order valence-electron chi connectivity index (χ0n) is 11.2. The first-order valence-electron chi connectivity index (χ1n) is 6.00. The maximum absolute atomic E-state index is 13.6. The first-order valence-corrected chi connectivity index (χ1v) is 6.00. The van der Waals surface area contributed by atoms with Gasteiger partial charge in [0.25, 0.3) is 0 Å². The van der Waals surface area contributed by atoms with Gasteiger partial charge in [0.05, 0.1) is 11.4 Å². The van der Waals surface area contributed by atoms with Crippen LogP contribution in [0.15, 0.2) is 18.2 Å². The molecular weight excluding hydrogens is 229 g/mol. The summed E-state index contributed by atoms with van der Waals surface area (Å²) < 4.78 is 15.4. The van der Waals surface area contributed by atoms with Crippen LogP contribution in [0.2, 0.25) is 0 Å². The Morgan fingerprint density at radius 3 is 2.50 bits per heavy atom. The van der Waals surface area contributed by atoms with Gasteiger partial charge in [-0.2, -0.15) is 5.10 Å². The monoisotopic (exact) mass is 247 g/mol. The van der Waals surface area contributed by atoms with E-state index < -0.39 is 0 Å². The molecule has 0 radical (unpaired) electrons. The molecule has 2 rings (SSSR count). The molecule has 0 saturated carbocycles. The van der Waals surface area contributed by atoms with Crippen molar-refractivity contribution in [2.75, 3.05) is 7.05 Å². The van der Waals surface area contributed by atoms with Gasteiger partial charge in [-0.05, 0) is 57.1 Å². The minimum Gasteiger partial charge on any atom is -0.316 e. The molecular formula is C14H18FN3. The second kappa shape index (κ2) is 4.90. The number of hydrogen-bond acceptors (Lipinski definition) is 2. The highest BCUT2D eigenvalue weighted by Crippen LogP contribution is 2.19. The second-order valence-electron chi connectivity index (χ2n) is 4.56. The second-order valence-corrected chi connectivity index (χ2v) is 4.56. The molecule has 0 aliphatic rings. The Labute approximate surface area is 107 Å². The minimum atomic E-state index is -0.233. The highest BCUT2D eigenvalue weighted by atomic mass is 19.1. The minimum absolute atomic E-state index is 0.233. The van der Waals surface area contributed by atoms with Crippen LogP contribution in [0.5, 0.6) is 0 Å². The van der Waals surface area contributed by atoms with Gasteiger partial charge >= 0.3 is 0 Å². The normalized spacial score (nSPS) is 10.9. The number of halogens is 1. The van der Waals surface area contributed by atoms with Crippen LogP contribution in [0.25, 0.3) is 5.69 Å². The van der Waals surface area contributed by atoms with E-state index in [2.05, 4.69) is 10.4 Å². The SMILES string of the molecule is CNCc1cc(F)cc(-n2nc(C)c(C)c2C)c1. The Morgan fingerprint density at radius 2 is 1.94 bits per heavy atom. The molecule has 1 aromatic carbocycles. The van der Waals surface area contributed by atoms with Crippen molar-refractivity contribution in [3.8, 4) is 5.69 Å². The number of aromatic nitrogens is 2. The highest BCUT2D eigenvalue weighted by Gasteiger charge is 2.10. The standard InChI is InChI=1S/C14H18FN3/c1-9-10(2)17-18(11(9)3)14-6-12(8-16-4)5-13(15)7-14/h5-7,16H,8H2,1-4H3. The quantitative estimate of drug-likeness (QED) is 0.903. The molecule has 1 aromatic heterocycles. The lowest BCUT2D eigenvalue weighted by molar-refractivity contribution is 0.620. The predicted molar refractivity (Wildman–Crippen MR) is 70.5 cm³/mol. The Morgan fingerprint density at radius 1 is 1.22 bits per heavy atom. The molecule has 1 heterocycles. The van der Waals surface area contributed by atoms with Crippen molar-refractivity contribution in [3.05, 3.63) is 46.5 Å². The largest absolute Gasteiger partial charge is 0.316 e. The van der Waals surface area contributed by atoms with Crippen LogP contribution in [0.1, 0.15) is 22.5 Å².